The SMILES string of the molecule is CC(C)(C)[Si](C)(C)OC[C@H]1O[C@@H](Sc2ccccc2)[C@H](O)[C@@H](O[Si](C)(C)C(C)(C)C)[C@H]1O. The Balaban J connectivity index is 2.28. The van der Waals surface area contributed by atoms with Crippen LogP contribution in [0.4, 0.5) is 0 Å². The monoisotopic (exact) mass is 500 g/mol. The standard InChI is InChI=1S/C24H44O5SSi2/c1-23(2,3)31(7,8)27-16-18-19(25)21(29-32(9,10)24(4,5)6)20(26)22(28-18)30-17-14-12-11-13-15-17/h11-15,18-22,25-26H,16H2,1-10H3/t18-,19+,20-,21+,22+/m1/s1. The number of ether oxygens (including phenoxy) is 1. The van der Waals surface area contributed by atoms with Crippen LogP contribution in [0, 0.1) is 0 Å². The molecule has 32 heavy (non-hydrogen) atoms. The molecule has 0 aliphatic carbocycles. The van der Waals surface area contributed by atoms with Crippen LogP contribution in [0.3, 0.4) is 0 Å². The Morgan fingerprint density at radius 3 is 1.91 bits per heavy atom. The van der Waals surface area contributed by atoms with Crippen LogP contribution in [0.5, 0.6) is 0 Å². The van der Waals surface area contributed by atoms with Crippen LogP contribution in [0.15, 0.2) is 35.2 Å². The predicted octanol–water partition coefficient (Wildman–Crippen LogP) is 5.64. The minimum atomic E-state index is -2.23. The lowest BCUT2D eigenvalue weighted by Crippen LogP contribution is -2.62. The van der Waals surface area contributed by atoms with E-state index in [9.17, 15) is 10.2 Å². The van der Waals surface area contributed by atoms with Crippen LogP contribution in [0.25, 0.3) is 0 Å². The number of hydrogen-bond donors (Lipinski definition) is 2. The van der Waals surface area contributed by atoms with E-state index in [4.69, 9.17) is 13.6 Å². The summed E-state index contributed by atoms with van der Waals surface area (Å²) in [5.41, 5.74) is -0.552. The Morgan fingerprint density at radius 1 is 0.875 bits per heavy atom. The lowest BCUT2D eigenvalue weighted by Gasteiger charge is -2.48. The Labute approximate surface area is 201 Å². The summed E-state index contributed by atoms with van der Waals surface area (Å²) in [6.07, 6.45) is -3.20. The summed E-state index contributed by atoms with van der Waals surface area (Å²) in [5.74, 6) is 0. The minimum absolute atomic E-state index is 0.0417. The van der Waals surface area contributed by atoms with Gasteiger partial charge in [0, 0.05) is 4.90 Å². The molecule has 0 spiro atoms. The third kappa shape index (κ3) is 6.69. The zero-order chi connectivity index (χ0) is 24.5. The molecule has 0 amide bonds. The fraction of sp³-hybridized carbons (Fsp3) is 0.750. The van der Waals surface area contributed by atoms with Gasteiger partial charge in [-0.15, -0.1) is 0 Å². The number of rotatable bonds is 7. The maximum atomic E-state index is 11.3. The Hall–Kier alpha value is -0.196. The predicted molar refractivity (Wildman–Crippen MR) is 138 cm³/mol. The number of thioether (sulfide) groups is 1. The third-order valence-electron chi connectivity index (χ3n) is 7.29. The van der Waals surface area contributed by atoms with Gasteiger partial charge in [-0.1, -0.05) is 71.5 Å². The summed E-state index contributed by atoms with van der Waals surface area (Å²) in [6, 6.07) is 9.89. The summed E-state index contributed by atoms with van der Waals surface area (Å²) in [7, 11) is -4.26. The zero-order valence-corrected chi connectivity index (χ0v) is 24.3. The maximum Gasteiger partial charge on any atom is 0.192 e. The highest BCUT2D eigenvalue weighted by atomic mass is 32.2. The lowest BCUT2D eigenvalue weighted by molar-refractivity contribution is -0.200. The minimum Gasteiger partial charge on any atom is -0.414 e. The van der Waals surface area contributed by atoms with Crippen molar-refractivity contribution in [2.24, 2.45) is 0 Å². The summed E-state index contributed by atoms with van der Waals surface area (Å²) in [5, 5.41) is 22.5. The van der Waals surface area contributed by atoms with Crippen molar-refractivity contribution < 1.29 is 23.8 Å². The van der Waals surface area contributed by atoms with Gasteiger partial charge in [0.2, 0.25) is 0 Å². The topological polar surface area (TPSA) is 68.2 Å². The van der Waals surface area contributed by atoms with E-state index in [2.05, 4.69) is 67.7 Å². The van der Waals surface area contributed by atoms with Gasteiger partial charge >= 0.3 is 0 Å². The Morgan fingerprint density at radius 2 is 1.41 bits per heavy atom. The lowest BCUT2D eigenvalue weighted by atomic mass is 10.0. The van der Waals surface area contributed by atoms with Crippen LogP contribution >= 0.6 is 11.8 Å². The van der Waals surface area contributed by atoms with Gasteiger partial charge < -0.3 is 23.8 Å². The molecule has 1 aromatic carbocycles. The van der Waals surface area contributed by atoms with Gasteiger partial charge in [-0.25, -0.2) is 0 Å². The largest absolute Gasteiger partial charge is 0.414 e. The van der Waals surface area contributed by atoms with Gasteiger partial charge in [-0.05, 0) is 48.4 Å². The summed E-state index contributed by atoms with van der Waals surface area (Å²) >= 11 is 1.46. The highest BCUT2D eigenvalue weighted by molar-refractivity contribution is 7.99. The van der Waals surface area contributed by atoms with Gasteiger partial charge in [0.15, 0.2) is 16.6 Å². The summed E-state index contributed by atoms with van der Waals surface area (Å²) < 4.78 is 19.2. The number of aliphatic hydroxyl groups is 2. The molecule has 1 aliphatic heterocycles. The normalized spacial score (nSPS) is 28.1. The van der Waals surface area contributed by atoms with E-state index >= 15 is 0 Å². The first-order valence-corrected chi connectivity index (χ1v) is 18.2. The molecule has 5 atom stereocenters. The first-order valence-electron chi connectivity index (χ1n) is 11.5. The highest BCUT2D eigenvalue weighted by Crippen LogP contribution is 2.42. The van der Waals surface area contributed by atoms with E-state index < -0.39 is 46.5 Å². The van der Waals surface area contributed by atoms with Crippen molar-refractivity contribution in [1.29, 1.82) is 0 Å². The van der Waals surface area contributed by atoms with E-state index in [1.54, 1.807) is 0 Å². The molecule has 2 rings (SSSR count). The number of benzene rings is 1. The van der Waals surface area contributed by atoms with Gasteiger partial charge in [-0.3, -0.25) is 0 Å². The van der Waals surface area contributed by atoms with Crippen LogP contribution < -0.4 is 0 Å². The molecule has 1 aliphatic rings. The molecule has 184 valence electrons. The summed E-state index contributed by atoms with van der Waals surface area (Å²) in [4.78, 5) is 1.00. The molecule has 1 aromatic rings. The Kier molecular flexibility index (Phi) is 8.94. The average Bonchev–Trinajstić information content (AvgIpc) is 2.65. The molecular formula is C24H44O5SSi2. The van der Waals surface area contributed by atoms with Gasteiger partial charge in [-0.2, -0.15) is 0 Å². The van der Waals surface area contributed by atoms with Crippen LogP contribution in [0.1, 0.15) is 41.5 Å². The van der Waals surface area contributed by atoms with Crippen molar-refractivity contribution in [3.05, 3.63) is 30.3 Å². The van der Waals surface area contributed by atoms with E-state index in [0.29, 0.717) is 0 Å². The Bertz CT molecular complexity index is 730. The fourth-order valence-electron chi connectivity index (χ4n) is 2.93. The second-order valence-electron chi connectivity index (χ2n) is 11.9. The van der Waals surface area contributed by atoms with Crippen LogP contribution in [0.2, 0.25) is 36.3 Å². The fourth-order valence-corrected chi connectivity index (χ4v) is 6.34. The molecule has 0 aromatic heterocycles. The van der Waals surface area contributed by atoms with Crippen LogP contribution in [-0.2, 0) is 13.6 Å². The molecule has 1 heterocycles. The molecule has 1 saturated heterocycles. The second-order valence-corrected chi connectivity index (χ2v) is 22.6. The van der Waals surface area contributed by atoms with Crippen molar-refractivity contribution in [2.45, 2.75) is 113 Å². The number of aliphatic hydroxyl groups excluding tert-OH is 2. The molecule has 1 fully saturated rings. The van der Waals surface area contributed by atoms with E-state index in [0.717, 1.165) is 4.90 Å². The highest BCUT2D eigenvalue weighted by Gasteiger charge is 2.50. The first kappa shape index (κ1) is 28.0. The van der Waals surface area contributed by atoms with Crippen molar-refractivity contribution in [2.75, 3.05) is 6.61 Å². The zero-order valence-electron chi connectivity index (χ0n) is 21.5. The van der Waals surface area contributed by atoms with Gasteiger partial charge in [0.25, 0.3) is 0 Å². The quantitative estimate of drug-likeness (QED) is 0.472. The maximum absolute atomic E-state index is 11.3. The van der Waals surface area contributed by atoms with Crippen molar-refractivity contribution in [3.63, 3.8) is 0 Å². The molecule has 0 saturated carbocycles. The van der Waals surface area contributed by atoms with Crippen LogP contribution in [-0.4, -0.2) is 63.3 Å². The van der Waals surface area contributed by atoms with Crippen molar-refractivity contribution >= 4 is 28.4 Å². The number of hydrogen-bond acceptors (Lipinski definition) is 6. The average molecular weight is 501 g/mol. The molecule has 0 unspecified atom stereocenters. The van der Waals surface area contributed by atoms with Crippen molar-refractivity contribution in [1.82, 2.24) is 0 Å². The molecular weight excluding hydrogens is 456 g/mol. The van der Waals surface area contributed by atoms with E-state index in [-0.39, 0.29) is 16.7 Å². The first-order chi connectivity index (χ1) is 14.5. The second kappa shape index (κ2) is 10.2. The summed E-state index contributed by atoms with van der Waals surface area (Å²) in [6.45, 7) is 22.0. The molecule has 2 N–H and O–H groups in total. The van der Waals surface area contributed by atoms with Gasteiger partial charge in [0.1, 0.15) is 29.9 Å². The van der Waals surface area contributed by atoms with E-state index in [1.807, 2.05) is 30.3 Å². The van der Waals surface area contributed by atoms with Gasteiger partial charge in [0.05, 0.1) is 6.61 Å². The van der Waals surface area contributed by atoms with Crippen molar-refractivity contribution in [3.8, 4) is 0 Å². The third-order valence-corrected chi connectivity index (χ3v) is 17.4. The molecule has 0 radical (unpaired) electrons. The molecule has 0 bridgehead atoms. The smallest absolute Gasteiger partial charge is 0.192 e. The molecule has 5 nitrogen and oxygen atoms in total. The van der Waals surface area contributed by atoms with E-state index in [1.165, 1.54) is 11.8 Å². The molecule has 8 heteroatoms.